The number of nitrogens with two attached hydrogens (primary N) is 1. The van der Waals surface area contributed by atoms with Crippen LogP contribution < -0.4 is 21.7 Å². The van der Waals surface area contributed by atoms with Gasteiger partial charge in [0.1, 0.15) is 18.6 Å². The Balaban J connectivity index is 5.23. The fraction of sp³-hybridized carbons (Fsp3) is 0.706. The van der Waals surface area contributed by atoms with E-state index in [0.717, 1.165) is 0 Å². The number of hydrogen-bond acceptors (Lipinski definition) is 6. The Morgan fingerprint density at radius 2 is 1.46 bits per heavy atom. The highest BCUT2D eigenvalue weighted by atomic mass is 16.4. The van der Waals surface area contributed by atoms with Crippen LogP contribution in [0.2, 0.25) is 0 Å². The second kappa shape index (κ2) is 11.9. The molecule has 0 heterocycles. The Bertz CT molecular complexity index is 594. The van der Waals surface area contributed by atoms with E-state index in [0.29, 0.717) is 6.42 Å². The van der Waals surface area contributed by atoms with E-state index in [1.165, 1.54) is 0 Å². The van der Waals surface area contributed by atoms with Gasteiger partial charge in [0.2, 0.25) is 17.7 Å². The second-order valence-electron chi connectivity index (χ2n) is 6.91. The molecule has 0 saturated carbocycles. The molecular weight excluding hydrogens is 372 g/mol. The number of hydrogen-bond donors (Lipinski definition) is 6. The molecule has 0 aliphatic rings. The minimum atomic E-state index is -1.49. The normalized spacial score (nSPS) is 15.1. The van der Waals surface area contributed by atoms with Gasteiger partial charge >= 0.3 is 11.9 Å². The van der Waals surface area contributed by atoms with Crippen molar-refractivity contribution in [3.8, 4) is 0 Å². The van der Waals surface area contributed by atoms with Gasteiger partial charge in [-0.25, -0.2) is 0 Å². The van der Waals surface area contributed by atoms with Crippen molar-refractivity contribution in [3.63, 3.8) is 0 Å². The highest BCUT2D eigenvalue weighted by molar-refractivity contribution is 5.95. The molecular formula is C17H30N4O7. The van der Waals surface area contributed by atoms with Gasteiger partial charge in [0.15, 0.2) is 0 Å². The van der Waals surface area contributed by atoms with Crippen molar-refractivity contribution in [1.29, 1.82) is 0 Å². The van der Waals surface area contributed by atoms with Gasteiger partial charge in [-0.3, -0.25) is 24.0 Å². The molecule has 0 aromatic carbocycles. The van der Waals surface area contributed by atoms with Crippen LogP contribution in [0.1, 0.15) is 40.5 Å². The largest absolute Gasteiger partial charge is 0.481 e. The first-order valence-electron chi connectivity index (χ1n) is 8.98. The van der Waals surface area contributed by atoms with Crippen LogP contribution in [0.5, 0.6) is 0 Å². The molecule has 11 heteroatoms. The van der Waals surface area contributed by atoms with Crippen molar-refractivity contribution in [3.05, 3.63) is 0 Å². The molecule has 0 radical (unpaired) electrons. The molecule has 0 spiro atoms. The molecule has 0 fully saturated rings. The van der Waals surface area contributed by atoms with Gasteiger partial charge in [-0.15, -0.1) is 0 Å². The van der Waals surface area contributed by atoms with Crippen LogP contribution >= 0.6 is 0 Å². The molecule has 11 nitrogen and oxygen atoms in total. The number of carbonyl (C=O) groups is 5. The third kappa shape index (κ3) is 8.80. The van der Waals surface area contributed by atoms with E-state index in [9.17, 15) is 24.0 Å². The maximum Gasteiger partial charge on any atom is 0.322 e. The molecule has 7 N–H and O–H groups in total. The van der Waals surface area contributed by atoms with Crippen molar-refractivity contribution in [1.82, 2.24) is 16.0 Å². The number of amides is 3. The number of carboxylic acid groups (broad SMARTS) is 2. The average molecular weight is 402 g/mol. The van der Waals surface area contributed by atoms with Gasteiger partial charge < -0.3 is 31.9 Å². The molecule has 0 saturated heterocycles. The fourth-order valence-corrected chi connectivity index (χ4v) is 2.23. The lowest BCUT2D eigenvalue weighted by atomic mass is 9.97. The molecule has 0 rings (SSSR count). The number of nitrogens with one attached hydrogen (secondary N) is 3. The van der Waals surface area contributed by atoms with E-state index in [2.05, 4.69) is 10.6 Å². The number of rotatable bonds is 12. The summed E-state index contributed by atoms with van der Waals surface area (Å²) in [6.45, 7) is 6.27. The Morgan fingerprint density at radius 3 is 1.89 bits per heavy atom. The molecule has 160 valence electrons. The topological polar surface area (TPSA) is 188 Å². The molecule has 0 aliphatic heterocycles. The summed E-state index contributed by atoms with van der Waals surface area (Å²) in [7, 11) is 0. The molecule has 0 bridgehead atoms. The summed E-state index contributed by atoms with van der Waals surface area (Å²) in [5.41, 5.74) is 5.86. The van der Waals surface area contributed by atoms with Crippen LogP contribution in [-0.4, -0.2) is 64.5 Å². The summed E-state index contributed by atoms with van der Waals surface area (Å²) in [5, 5.41) is 24.4. The van der Waals surface area contributed by atoms with E-state index < -0.39 is 60.8 Å². The monoisotopic (exact) mass is 402 g/mol. The van der Waals surface area contributed by atoms with Crippen LogP contribution in [-0.2, 0) is 24.0 Å². The first-order chi connectivity index (χ1) is 12.9. The van der Waals surface area contributed by atoms with Crippen molar-refractivity contribution in [2.24, 2.45) is 17.6 Å². The molecule has 4 unspecified atom stereocenters. The van der Waals surface area contributed by atoms with Crippen LogP contribution in [0.3, 0.4) is 0 Å². The Labute approximate surface area is 163 Å². The standard InChI is InChI=1S/C17H30N4O7/c1-5-9(4)13(18)16(27)21-14(8(2)3)17(28)20-10(6-11(22)23)15(26)19-7-12(24)25/h8-10,13-14H,5-7,18H2,1-4H3,(H,19,26)(H,20,28)(H,21,27)(H,22,23)(H,24,25). The molecule has 4 atom stereocenters. The second-order valence-corrected chi connectivity index (χ2v) is 6.91. The zero-order chi connectivity index (χ0) is 22.0. The Hall–Kier alpha value is -2.69. The average Bonchev–Trinajstić information content (AvgIpc) is 2.60. The molecule has 0 aliphatic carbocycles. The smallest absolute Gasteiger partial charge is 0.322 e. The molecule has 0 aromatic heterocycles. The summed E-state index contributed by atoms with van der Waals surface area (Å²) in [6.07, 6.45) is -0.0834. The van der Waals surface area contributed by atoms with Gasteiger partial charge in [0, 0.05) is 0 Å². The van der Waals surface area contributed by atoms with Gasteiger partial charge in [-0.05, 0) is 11.8 Å². The molecule has 3 amide bonds. The number of carbonyl (C=O) groups excluding carboxylic acids is 3. The van der Waals surface area contributed by atoms with Gasteiger partial charge in [0.25, 0.3) is 0 Å². The quantitative estimate of drug-likeness (QED) is 0.231. The highest BCUT2D eigenvalue weighted by Crippen LogP contribution is 2.08. The zero-order valence-corrected chi connectivity index (χ0v) is 16.5. The third-order valence-electron chi connectivity index (χ3n) is 4.23. The maximum atomic E-state index is 12.6. The van der Waals surface area contributed by atoms with Gasteiger partial charge in [0.05, 0.1) is 12.5 Å². The lowest BCUT2D eigenvalue weighted by Crippen LogP contribution is -2.58. The van der Waals surface area contributed by atoms with Crippen LogP contribution in [0.15, 0.2) is 0 Å². The number of carboxylic acids is 2. The lowest BCUT2D eigenvalue weighted by Gasteiger charge is -2.27. The van der Waals surface area contributed by atoms with Crippen LogP contribution in [0, 0.1) is 11.8 Å². The van der Waals surface area contributed by atoms with E-state index in [1.807, 2.05) is 12.2 Å². The maximum absolute atomic E-state index is 12.6. The Kier molecular flexibility index (Phi) is 10.8. The number of aliphatic carboxylic acids is 2. The van der Waals surface area contributed by atoms with Crippen molar-refractivity contribution < 1.29 is 34.2 Å². The lowest BCUT2D eigenvalue weighted by molar-refractivity contribution is -0.142. The predicted molar refractivity (Wildman–Crippen MR) is 99.0 cm³/mol. The summed E-state index contributed by atoms with van der Waals surface area (Å²) < 4.78 is 0. The minimum absolute atomic E-state index is 0.113. The van der Waals surface area contributed by atoms with Gasteiger partial charge in [-0.1, -0.05) is 34.1 Å². The third-order valence-corrected chi connectivity index (χ3v) is 4.23. The predicted octanol–water partition coefficient (Wildman–Crippen LogP) is -1.34. The first-order valence-corrected chi connectivity index (χ1v) is 8.98. The van der Waals surface area contributed by atoms with Crippen LogP contribution in [0.25, 0.3) is 0 Å². The summed E-state index contributed by atoms with van der Waals surface area (Å²) in [4.78, 5) is 58.4. The summed E-state index contributed by atoms with van der Waals surface area (Å²) >= 11 is 0. The minimum Gasteiger partial charge on any atom is -0.481 e. The Morgan fingerprint density at radius 1 is 0.893 bits per heavy atom. The van der Waals surface area contributed by atoms with E-state index in [1.54, 1.807) is 20.8 Å². The van der Waals surface area contributed by atoms with Crippen LogP contribution in [0.4, 0.5) is 0 Å². The van der Waals surface area contributed by atoms with Crippen molar-refractivity contribution in [2.75, 3.05) is 6.54 Å². The van der Waals surface area contributed by atoms with E-state index >= 15 is 0 Å². The fourth-order valence-electron chi connectivity index (χ4n) is 2.23. The summed E-state index contributed by atoms with van der Waals surface area (Å²) in [5.74, 6) is -5.43. The SMILES string of the molecule is CCC(C)C(N)C(=O)NC(C(=O)NC(CC(=O)O)C(=O)NCC(=O)O)C(C)C. The van der Waals surface area contributed by atoms with E-state index in [-0.39, 0.29) is 11.8 Å². The summed E-state index contributed by atoms with van der Waals surface area (Å²) in [6, 6.07) is -3.37. The molecule has 0 aromatic rings. The molecule has 28 heavy (non-hydrogen) atoms. The van der Waals surface area contributed by atoms with E-state index in [4.69, 9.17) is 15.9 Å². The van der Waals surface area contributed by atoms with Gasteiger partial charge in [-0.2, -0.15) is 0 Å². The van der Waals surface area contributed by atoms with Crippen molar-refractivity contribution >= 4 is 29.7 Å². The highest BCUT2D eigenvalue weighted by Gasteiger charge is 2.31. The first kappa shape index (κ1) is 25.3. The van der Waals surface area contributed by atoms with Crippen molar-refractivity contribution in [2.45, 2.75) is 58.7 Å². The zero-order valence-electron chi connectivity index (χ0n) is 16.5.